The molecule has 2 amide bonds. The molecule has 34 heavy (non-hydrogen) atoms. The minimum Gasteiger partial charge on any atom is -0.479 e. The van der Waals surface area contributed by atoms with Gasteiger partial charge in [-0.1, -0.05) is 48.5 Å². The Morgan fingerprint density at radius 3 is 1.97 bits per heavy atom. The van der Waals surface area contributed by atoms with Gasteiger partial charge in [-0.15, -0.1) is 0 Å². The average Bonchev–Trinajstić information content (AvgIpc) is 3.07. The number of nitrogens with two attached hydrogens (primary N) is 1. The van der Waals surface area contributed by atoms with Gasteiger partial charge in [-0.05, 0) is 43.0 Å². The largest absolute Gasteiger partial charge is 0.479 e. The fourth-order valence-electron chi connectivity index (χ4n) is 4.00. The highest BCUT2D eigenvalue weighted by atomic mass is 16.6. The zero-order valence-electron chi connectivity index (χ0n) is 19.3. The van der Waals surface area contributed by atoms with E-state index in [0.717, 1.165) is 22.3 Å². The van der Waals surface area contributed by atoms with E-state index in [1.807, 2.05) is 48.5 Å². The second-order valence-electron chi connectivity index (χ2n) is 9.11. The van der Waals surface area contributed by atoms with Crippen LogP contribution in [0.15, 0.2) is 48.5 Å². The number of benzene rings is 2. The van der Waals surface area contributed by atoms with E-state index in [-0.39, 0.29) is 12.5 Å². The lowest BCUT2D eigenvalue weighted by atomic mass is 9.92. The molecule has 1 aliphatic rings. The molecule has 0 bridgehead atoms. The van der Waals surface area contributed by atoms with Crippen molar-refractivity contribution in [2.24, 2.45) is 5.73 Å². The van der Waals surface area contributed by atoms with Crippen molar-refractivity contribution in [1.29, 1.82) is 0 Å². The van der Waals surface area contributed by atoms with Crippen LogP contribution in [-0.2, 0) is 23.9 Å². The number of nitrogens with one attached hydrogen (secondary N) is 1. The van der Waals surface area contributed by atoms with E-state index >= 15 is 0 Å². The molecule has 1 aliphatic carbocycles. The van der Waals surface area contributed by atoms with Crippen molar-refractivity contribution in [3.05, 3.63) is 59.7 Å². The van der Waals surface area contributed by atoms with Crippen LogP contribution >= 0.6 is 0 Å². The number of carboxylic acids is 1. The summed E-state index contributed by atoms with van der Waals surface area (Å²) in [5.74, 6) is -4.00. The van der Waals surface area contributed by atoms with Gasteiger partial charge in [-0.25, -0.2) is 9.59 Å². The smallest absolute Gasteiger partial charge is 0.408 e. The maximum Gasteiger partial charge on any atom is 0.408 e. The van der Waals surface area contributed by atoms with Gasteiger partial charge < -0.3 is 20.3 Å². The molecular formula is C25H28N2O7. The number of hydrogen-bond acceptors (Lipinski definition) is 6. The van der Waals surface area contributed by atoms with E-state index in [9.17, 15) is 24.3 Å². The summed E-state index contributed by atoms with van der Waals surface area (Å²) in [5.41, 5.74) is 6.02. The maximum atomic E-state index is 12.6. The van der Waals surface area contributed by atoms with Gasteiger partial charge in [0.1, 0.15) is 12.2 Å². The third kappa shape index (κ3) is 5.19. The number of ether oxygens (including phenoxy) is 2. The molecule has 9 nitrogen and oxygen atoms in total. The lowest BCUT2D eigenvalue weighted by molar-refractivity contribution is -0.156. The van der Waals surface area contributed by atoms with Crippen LogP contribution in [0.25, 0.3) is 11.1 Å². The SMILES string of the molecule is CC(C)(C)OC(=O)CC[C@@](NC(=O)OCC1c2ccccc2-c2ccccc21)(C(N)=O)C(=O)O. The molecule has 9 heteroatoms. The fraction of sp³-hybridized carbons (Fsp3) is 0.360. The van der Waals surface area contributed by atoms with Crippen molar-refractivity contribution in [2.75, 3.05) is 6.61 Å². The second-order valence-corrected chi connectivity index (χ2v) is 9.11. The van der Waals surface area contributed by atoms with Crippen LogP contribution in [0.2, 0.25) is 0 Å². The van der Waals surface area contributed by atoms with Gasteiger partial charge in [0.2, 0.25) is 5.54 Å². The Morgan fingerprint density at radius 1 is 0.971 bits per heavy atom. The molecule has 0 saturated heterocycles. The van der Waals surface area contributed by atoms with Crippen LogP contribution < -0.4 is 11.1 Å². The molecule has 0 spiro atoms. The summed E-state index contributed by atoms with van der Waals surface area (Å²) in [6.45, 7) is 4.87. The number of amides is 2. The number of aliphatic carboxylic acids is 1. The molecular weight excluding hydrogens is 440 g/mol. The molecule has 0 saturated carbocycles. The number of carbonyl (C=O) groups is 4. The number of carboxylic acid groups (broad SMARTS) is 1. The molecule has 2 aromatic rings. The summed E-state index contributed by atoms with van der Waals surface area (Å²) in [7, 11) is 0. The number of carbonyl (C=O) groups excluding carboxylic acids is 3. The maximum absolute atomic E-state index is 12.6. The Kier molecular flexibility index (Phi) is 6.95. The molecule has 0 fully saturated rings. The molecule has 0 radical (unpaired) electrons. The lowest BCUT2D eigenvalue weighted by Crippen LogP contribution is -2.63. The minimum absolute atomic E-state index is 0.0829. The van der Waals surface area contributed by atoms with E-state index in [1.54, 1.807) is 20.8 Å². The highest BCUT2D eigenvalue weighted by Crippen LogP contribution is 2.44. The van der Waals surface area contributed by atoms with Crippen LogP contribution in [0.1, 0.15) is 50.7 Å². The summed E-state index contributed by atoms with van der Waals surface area (Å²) < 4.78 is 10.5. The molecule has 2 aromatic carbocycles. The molecule has 0 unspecified atom stereocenters. The zero-order valence-corrected chi connectivity index (χ0v) is 19.3. The van der Waals surface area contributed by atoms with Crippen molar-refractivity contribution < 1.29 is 33.8 Å². The first-order valence-corrected chi connectivity index (χ1v) is 10.8. The Balaban J connectivity index is 1.72. The highest BCUT2D eigenvalue weighted by molar-refractivity contribution is 6.08. The first-order valence-electron chi connectivity index (χ1n) is 10.8. The number of esters is 1. The topological polar surface area (TPSA) is 145 Å². The van der Waals surface area contributed by atoms with Crippen molar-refractivity contribution in [1.82, 2.24) is 5.32 Å². The molecule has 0 aromatic heterocycles. The molecule has 4 N–H and O–H groups in total. The molecule has 1 atom stereocenters. The van der Waals surface area contributed by atoms with Gasteiger partial charge in [0.15, 0.2) is 0 Å². The summed E-state index contributed by atoms with van der Waals surface area (Å²) in [6, 6.07) is 15.4. The van der Waals surface area contributed by atoms with E-state index in [2.05, 4.69) is 5.32 Å². The lowest BCUT2D eigenvalue weighted by Gasteiger charge is -2.27. The van der Waals surface area contributed by atoms with Gasteiger partial charge >= 0.3 is 18.0 Å². The first kappa shape index (κ1) is 24.8. The van der Waals surface area contributed by atoms with Crippen molar-refractivity contribution in [3.8, 4) is 11.1 Å². The van der Waals surface area contributed by atoms with Crippen molar-refractivity contribution >= 4 is 23.9 Å². The number of hydrogen-bond donors (Lipinski definition) is 3. The number of alkyl carbamates (subject to hydrolysis) is 1. The molecule has 3 rings (SSSR count). The molecule has 180 valence electrons. The van der Waals surface area contributed by atoms with E-state index < -0.39 is 47.9 Å². The Hall–Kier alpha value is -3.88. The van der Waals surface area contributed by atoms with E-state index in [4.69, 9.17) is 15.2 Å². The Bertz CT molecular complexity index is 1060. The average molecular weight is 469 g/mol. The van der Waals surface area contributed by atoms with Crippen LogP contribution in [0.5, 0.6) is 0 Å². The van der Waals surface area contributed by atoms with Crippen LogP contribution in [0.3, 0.4) is 0 Å². The number of rotatable bonds is 8. The van der Waals surface area contributed by atoms with E-state index in [1.165, 1.54) is 0 Å². The van der Waals surface area contributed by atoms with Crippen LogP contribution in [0.4, 0.5) is 4.79 Å². The standard InChI is InChI=1S/C25H28N2O7/c1-24(2,3)34-20(28)12-13-25(21(26)29,22(30)31)27-23(32)33-14-19-17-10-6-4-8-15(17)16-9-5-7-11-18(16)19/h4-11,19H,12-14H2,1-3H3,(H2,26,29)(H,27,32)(H,30,31)/t25-/m1/s1. The summed E-state index contributed by atoms with van der Waals surface area (Å²) >= 11 is 0. The summed E-state index contributed by atoms with van der Waals surface area (Å²) in [5, 5.41) is 11.8. The third-order valence-electron chi connectivity index (χ3n) is 5.57. The predicted molar refractivity (Wildman–Crippen MR) is 123 cm³/mol. The summed E-state index contributed by atoms with van der Waals surface area (Å²) in [6.07, 6.45) is -2.17. The molecule has 0 heterocycles. The normalized spacial score (nSPS) is 14.3. The summed E-state index contributed by atoms with van der Waals surface area (Å²) in [4.78, 5) is 48.7. The number of primary amides is 1. The third-order valence-corrected chi connectivity index (χ3v) is 5.57. The van der Waals surface area contributed by atoms with Crippen molar-refractivity contribution in [3.63, 3.8) is 0 Å². The van der Waals surface area contributed by atoms with Crippen LogP contribution in [0, 0.1) is 0 Å². The minimum atomic E-state index is -2.53. The van der Waals surface area contributed by atoms with Gasteiger partial charge in [-0.2, -0.15) is 0 Å². The van der Waals surface area contributed by atoms with E-state index in [0.29, 0.717) is 0 Å². The predicted octanol–water partition coefficient (Wildman–Crippen LogP) is 2.96. The van der Waals surface area contributed by atoms with Crippen molar-refractivity contribution in [2.45, 2.75) is 50.7 Å². The zero-order chi connectivity index (χ0) is 25.1. The van der Waals surface area contributed by atoms with Gasteiger partial charge in [-0.3, -0.25) is 14.9 Å². The number of fused-ring (bicyclic) bond motifs is 3. The Morgan fingerprint density at radius 2 is 1.50 bits per heavy atom. The monoisotopic (exact) mass is 468 g/mol. The van der Waals surface area contributed by atoms with Gasteiger partial charge in [0, 0.05) is 18.8 Å². The van der Waals surface area contributed by atoms with Gasteiger partial charge in [0.25, 0.3) is 5.91 Å². The Labute approximate surface area is 197 Å². The quantitative estimate of drug-likeness (QED) is 0.399. The second kappa shape index (κ2) is 9.54. The fourth-order valence-corrected chi connectivity index (χ4v) is 4.00. The molecule has 0 aliphatic heterocycles. The first-order chi connectivity index (χ1) is 15.9. The highest BCUT2D eigenvalue weighted by Gasteiger charge is 2.47. The van der Waals surface area contributed by atoms with Gasteiger partial charge in [0.05, 0.1) is 0 Å². The van der Waals surface area contributed by atoms with Crippen LogP contribution in [-0.4, -0.2) is 46.8 Å².